The van der Waals surface area contributed by atoms with E-state index in [1.54, 1.807) is 13.3 Å². The summed E-state index contributed by atoms with van der Waals surface area (Å²) in [6, 6.07) is 1.36. The summed E-state index contributed by atoms with van der Waals surface area (Å²) in [6.45, 7) is 27.5. The van der Waals surface area contributed by atoms with Crippen LogP contribution in [0.25, 0.3) is 0 Å². The molecule has 0 spiro atoms. The van der Waals surface area contributed by atoms with E-state index in [2.05, 4.69) is 56.4 Å². The van der Waals surface area contributed by atoms with Crippen LogP contribution in [0.5, 0.6) is 0 Å². The first-order chi connectivity index (χ1) is 12.5. The first kappa shape index (κ1) is 71.7. The molecular weight excluding hydrogens is 693 g/mol. The van der Waals surface area contributed by atoms with Crippen molar-refractivity contribution in [2.24, 2.45) is 8.73 Å². The van der Waals surface area contributed by atoms with Gasteiger partial charge in [-0.05, 0) is 5.04 Å². The molecule has 0 amide bonds. The van der Waals surface area contributed by atoms with E-state index in [1.807, 2.05) is 27.7 Å². The third kappa shape index (κ3) is 61.0. The van der Waals surface area contributed by atoms with Crippen LogP contribution < -0.4 is 0 Å². The van der Waals surface area contributed by atoms with Crippen LogP contribution in [0.4, 0.5) is 3.89 Å². The second kappa shape index (κ2) is 42.2. The Labute approximate surface area is 330 Å². The van der Waals surface area contributed by atoms with E-state index in [4.69, 9.17) is 0 Å². The van der Waals surface area contributed by atoms with Crippen molar-refractivity contribution in [3.63, 3.8) is 0 Å². The van der Waals surface area contributed by atoms with E-state index in [1.165, 1.54) is 13.1 Å². The molecule has 4 nitrogen and oxygen atoms in total. The molecule has 0 fully saturated rings. The molecule has 34 heavy (non-hydrogen) atoms. The maximum atomic E-state index is 11.5. The predicted molar refractivity (Wildman–Crippen MR) is 148 cm³/mol. The van der Waals surface area contributed by atoms with Gasteiger partial charge in [-0.15, -0.1) is 3.89 Å². The molecule has 2 radical (unpaired) electrons. The molecule has 216 valence electrons. The minimum Gasteiger partial charge on any atom is -0.358 e. The summed E-state index contributed by atoms with van der Waals surface area (Å²) in [7, 11) is -3.35. The summed E-state index contributed by atoms with van der Waals surface area (Å²) < 4.78 is 38.7. The standard InChI is InChI=1S/C9H21Si.C5H12NOS.C2H6FNOS.2C2H6.2CH3.2Ar.2Y/c1-7-8-10(5,6)9(2,3)4;1-4-5-8(3,7)6-2;1-4-6(2,3)5;2*1-2;;;;;;/h1,7-8H2,2-6H3;1,4-5H2,2-3H3;1-2H3;2*1-2H3;2*1H3;;;;/q2*-1;;;;2*-1;;;;. The molecule has 0 aromatic carbocycles. The smallest absolute Gasteiger partial charge is 0.198 e. The normalized spacial score (nSPS) is 11.9. The van der Waals surface area contributed by atoms with E-state index in [0.717, 1.165) is 12.7 Å². The van der Waals surface area contributed by atoms with Crippen LogP contribution in [0.1, 0.15) is 61.3 Å². The fraction of sp³-hybridized carbons (Fsp3) is 0.818. The van der Waals surface area contributed by atoms with Gasteiger partial charge in [0.25, 0.3) is 0 Å². The molecule has 0 aliphatic heterocycles. The fourth-order valence-corrected chi connectivity index (χ4v) is 3.53. The van der Waals surface area contributed by atoms with E-state index in [9.17, 15) is 12.3 Å². The molecule has 0 heterocycles. The quantitative estimate of drug-likeness (QED) is 0.165. The summed E-state index contributed by atoms with van der Waals surface area (Å²) in [5.41, 5.74) is 0. The van der Waals surface area contributed by atoms with Gasteiger partial charge >= 0.3 is 0 Å². The average Bonchev–Trinajstić information content (AvgIpc) is 2.58. The second-order valence-electron chi connectivity index (χ2n) is 7.33. The Balaban J connectivity index is -0.0000000226. The van der Waals surface area contributed by atoms with Gasteiger partial charge in [-0.25, -0.2) is 12.9 Å². The molecule has 0 saturated heterocycles. The van der Waals surface area contributed by atoms with Gasteiger partial charge in [-0.1, -0.05) is 67.6 Å². The molecule has 0 aliphatic carbocycles. The van der Waals surface area contributed by atoms with Crippen LogP contribution >= 0.6 is 0 Å². The zero-order valence-electron chi connectivity index (χ0n) is 25.0. The molecule has 12 heteroatoms. The first-order valence-corrected chi connectivity index (χ1v) is 17.1. The van der Waals surface area contributed by atoms with Crippen molar-refractivity contribution in [1.29, 1.82) is 0 Å². The fourth-order valence-electron chi connectivity index (χ4n) is 1.18. The van der Waals surface area contributed by atoms with Gasteiger partial charge in [-0.3, -0.25) is 4.21 Å². The van der Waals surface area contributed by atoms with Crippen LogP contribution in [0.3, 0.4) is 0 Å². The van der Waals surface area contributed by atoms with Crippen LogP contribution in [-0.4, -0.2) is 48.9 Å². The molecule has 0 aromatic rings. The number of rotatable bonds is 4. The molecular formula is C22H57Ar2FN2O2S2SiY2-4. The number of halogens is 1. The maximum Gasteiger partial charge on any atom is 0.198 e. The first-order valence-electron chi connectivity index (χ1n) is 9.96. The van der Waals surface area contributed by atoms with Crippen molar-refractivity contribution in [3.05, 3.63) is 28.7 Å². The minimum atomic E-state index is -3.29. The zero-order valence-corrected chi connectivity index (χ0v) is 34.7. The van der Waals surface area contributed by atoms with Gasteiger partial charge in [0.05, 0.1) is 8.07 Å². The SMILES string of the molecule is CC.CC.CN=S(C)(=O)F.[Ar].[Ar].[CH2-]CCS(C)(=O)=NC.[CH2-]CC[Si](C)(C)C(C)(C)C.[CH3-].[CH3-].[Y].[Y]. The Kier molecular flexibility index (Phi) is 89.1. The van der Waals surface area contributed by atoms with E-state index >= 15 is 0 Å². The molecule has 0 aliphatic rings. The van der Waals surface area contributed by atoms with Crippen molar-refractivity contribution in [2.75, 3.05) is 32.4 Å². The van der Waals surface area contributed by atoms with Gasteiger partial charge in [-0.2, -0.15) is 12.8 Å². The molecule has 0 saturated carbocycles. The van der Waals surface area contributed by atoms with Crippen molar-refractivity contribution in [1.82, 2.24) is 0 Å². The van der Waals surface area contributed by atoms with Crippen molar-refractivity contribution >= 4 is 27.9 Å². The Morgan fingerprint density at radius 1 is 0.824 bits per heavy atom. The largest absolute Gasteiger partial charge is 0.358 e. The molecule has 2 unspecified atom stereocenters. The second-order valence-corrected chi connectivity index (χ2v) is 17.6. The zero-order chi connectivity index (χ0) is 24.2. The minimum absolute atomic E-state index is 0. The Morgan fingerprint density at radius 2 is 1.09 bits per heavy atom. The monoisotopic (exact) mass is 750 g/mol. The summed E-state index contributed by atoms with van der Waals surface area (Å²) >= 11 is 0. The van der Waals surface area contributed by atoms with Gasteiger partial charge in [0.2, 0.25) is 0 Å². The van der Waals surface area contributed by atoms with E-state index < -0.39 is 27.9 Å². The van der Waals surface area contributed by atoms with Crippen LogP contribution in [0.2, 0.25) is 24.2 Å². The topological polar surface area (TPSA) is 58.9 Å². The summed E-state index contributed by atoms with van der Waals surface area (Å²) in [5.74, 6) is 0.615. The summed E-state index contributed by atoms with van der Waals surface area (Å²) in [4.78, 5) is 0. The average molecular weight is 751 g/mol. The van der Waals surface area contributed by atoms with Gasteiger partial charge < -0.3 is 28.7 Å². The third-order valence-electron chi connectivity index (χ3n) is 4.07. The van der Waals surface area contributed by atoms with Crippen LogP contribution in [0.15, 0.2) is 8.73 Å². The predicted octanol–water partition coefficient (Wildman–Crippen LogP) is 8.20. The van der Waals surface area contributed by atoms with Gasteiger partial charge in [0, 0.05) is 183 Å². The summed E-state index contributed by atoms with van der Waals surface area (Å²) in [5, 5.41) is 0.546. The maximum absolute atomic E-state index is 11.5. The van der Waals surface area contributed by atoms with Crippen molar-refractivity contribution in [3.8, 4) is 0 Å². The molecule has 0 rings (SSSR count). The van der Waals surface area contributed by atoms with E-state index in [0.29, 0.717) is 17.2 Å². The molecule has 0 aromatic heterocycles. The number of nitrogens with zero attached hydrogens (tertiary/aromatic N) is 2. The molecule has 2 atom stereocenters. The van der Waals surface area contributed by atoms with Crippen LogP contribution in [-0.2, 0) is 85.3 Å². The van der Waals surface area contributed by atoms with Crippen LogP contribution in [0, 0.1) is 104 Å². The third-order valence-corrected chi connectivity index (χ3v) is 12.2. The summed E-state index contributed by atoms with van der Waals surface area (Å²) in [6.07, 6.45) is 4.40. The Hall–Kier alpha value is 4.77. The molecule has 0 N–H and O–H groups in total. The van der Waals surface area contributed by atoms with Crippen molar-refractivity contribution < 1.29 is 153 Å². The number of hydrogen-bond acceptors (Lipinski definition) is 4. The van der Waals surface area contributed by atoms with Crippen molar-refractivity contribution in [2.45, 2.75) is 85.5 Å². The Bertz CT molecular complexity index is 572. The Morgan fingerprint density at radius 3 is 1.15 bits per heavy atom. The number of hydrogen-bond donors (Lipinski definition) is 0. The molecule has 0 bridgehead atoms. The van der Waals surface area contributed by atoms with Gasteiger partial charge in [0.1, 0.15) is 0 Å². The van der Waals surface area contributed by atoms with Gasteiger partial charge in [0.15, 0.2) is 10.1 Å². The van der Waals surface area contributed by atoms with E-state index in [-0.39, 0.29) is 156 Å².